The fourth-order valence-corrected chi connectivity index (χ4v) is 2.79. The summed E-state index contributed by atoms with van der Waals surface area (Å²) in [6.07, 6.45) is 3.71. The summed E-state index contributed by atoms with van der Waals surface area (Å²) >= 11 is 5.45. The quantitative estimate of drug-likeness (QED) is 0.817. The van der Waals surface area contributed by atoms with Gasteiger partial charge in [0.2, 0.25) is 0 Å². The number of nitrogens with one attached hydrogen (secondary N) is 2. The van der Waals surface area contributed by atoms with Crippen LogP contribution in [0.3, 0.4) is 0 Å². The lowest BCUT2D eigenvalue weighted by atomic mass is 10.2. The van der Waals surface area contributed by atoms with Gasteiger partial charge in [0, 0.05) is 24.0 Å². The molecule has 1 fully saturated rings. The topological polar surface area (TPSA) is 41.8 Å². The maximum Gasteiger partial charge on any atom is 0.182 e. The van der Waals surface area contributed by atoms with Gasteiger partial charge in [0.25, 0.3) is 0 Å². The zero-order chi connectivity index (χ0) is 15.4. The number of thiocarbonyl (C=S) groups is 1. The molecule has 0 amide bonds. The number of rotatable bonds is 4. The van der Waals surface area contributed by atoms with Crippen molar-refractivity contribution in [3.05, 3.63) is 54.4 Å². The molecule has 0 aliphatic carbocycles. The Balaban J connectivity index is 1.74. The van der Waals surface area contributed by atoms with Crippen molar-refractivity contribution in [1.82, 2.24) is 10.3 Å². The molecule has 1 aromatic carbocycles. The molecule has 2 heterocycles. The first-order valence-corrected chi connectivity index (χ1v) is 7.59. The van der Waals surface area contributed by atoms with E-state index >= 15 is 0 Å². The summed E-state index contributed by atoms with van der Waals surface area (Å²) in [6.45, 7) is 2.53. The molecular formula is C16H19N4OS+. The molecule has 1 atom stereocenters. The number of nitrogens with zero attached hydrogens (tertiary/aromatic N) is 2. The van der Waals surface area contributed by atoms with Gasteiger partial charge in [-0.15, -0.1) is 0 Å². The summed E-state index contributed by atoms with van der Waals surface area (Å²) in [5.74, 6) is 0.833. The first-order valence-electron chi connectivity index (χ1n) is 7.18. The monoisotopic (exact) mass is 315 g/mol. The van der Waals surface area contributed by atoms with E-state index in [-0.39, 0.29) is 0 Å². The van der Waals surface area contributed by atoms with Crippen molar-refractivity contribution in [2.75, 3.05) is 25.3 Å². The molecule has 1 saturated heterocycles. The van der Waals surface area contributed by atoms with Crippen LogP contribution in [-0.2, 0) is 6.54 Å². The molecule has 5 nitrogen and oxygen atoms in total. The third-order valence-corrected chi connectivity index (χ3v) is 4.02. The normalized spacial score (nSPS) is 18.0. The molecular weight excluding hydrogens is 296 g/mol. The predicted molar refractivity (Wildman–Crippen MR) is 89.8 cm³/mol. The third kappa shape index (κ3) is 3.35. The summed E-state index contributed by atoms with van der Waals surface area (Å²) < 4.78 is 5.30. The zero-order valence-corrected chi connectivity index (χ0v) is 13.3. The second kappa shape index (κ2) is 6.72. The average Bonchev–Trinajstić information content (AvgIpc) is 2.57. The first kappa shape index (κ1) is 14.7. The molecule has 6 heteroatoms. The van der Waals surface area contributed by atoms with Crippen molar-refractivity contribution in [2.24, 2.45) is 0 Å². The standard InChI is InChI=1S/C16H18N4OS/c1-21-15-6-2-5-14(8-15)20-12-19(11-18-16(20)22)10-13-4-3-7-17-9-13/h2-9H,10-12H2,1H3,(H,18,22)/p+1. The Morgan fingerprint density at radius 1 is 1.36 bits per heavy atom. The van der Waals surface area contributed by atoms with Gasteiger partial charge in [-0.05, 0) is 30.4 Å². The van der Waals surface area contributed by atoms with E-state index in [1.807, 2.05) is 36.5 Å². The maximum atomic E-state index is 5.45. The summed E-state index contributed by atoms with van der Waals surface area (Å²) in [5.41, 5.74) is 2.26. The number of ether oxygens (including phenoxy) is 1. The number of anilines is 1. The molecule has 1 aromatic heterocycles. The van der Waals surface area contributed by atoms with E-state index in [1.165, 1.54) is 10.5 Å². The number of pyridine rings is 1. The molecule has 0 saturated carbocycles. The van der Waals surface area contributed by atoms with Crippen LogP contribution in [0.2, 0.25) is 0 Å². The molecule has 22 heavy (non-hydrogen) atoms. The number of methoxy groups -OCH3 is 1. The number of hydrogen-bond donors (Lipinski definition) is 2. The number of benzene rings is 1. The van der Waals surface area contributed by atoms with E-state index in [4.69, 9.17) is 17.0 Å². The van der Waals surface area contributed by atoms with Gasteiger partial charge in [0.05, 0.1) is 12.8 Å². The summed E-state index contributed by atoms with van der Waals surface area (Å²) in [7, 11) is 1.67. The minimum absolute atomic E-state index is 0.753. The fourth-order valence-electron chi connectivity index (χ4n) is 2.54. The smallest absolute Gasteiger partial charge is 0.182 e. The van der Waals surface area contributed by atoms with Gasteiger partial charge in [-0.2, -0.15) is 0 Å². The summed E-state index contributed by atoms with van der Waals surface area (Å²) in [5, 5.41) is 4.05. The van der Waals surface area contributed by atoms with Crippen LogP contribution in [0.5, 0.6) is 5.75 Å². The Hall–Kier alpha value is -2.18. The molecule has 0 radical (unpaired) electrons. The Morgan fingerprint density at radius 3 is 3.05 bits per heavy atom. The van der Waals surface area contributed by atoms with Gasteiger partial charge < -0.3 is 10.1 Å². The lowest BCUT2D eigenvalue weighted by Crippen LogP contribution is -3.16. The second-order valence-electron chi connectivity index (χ2n) is 5.23. The average molecular weight is 315 g/mol. The highest BCUT2D eigenvalue weighted by Crippen LogP contribution is 2.20. The molecule has 2 N–H and O–H groups in total. The van der Waals surface area contributed by atoms with Crippen LogP contribution < -0.4 is 19.9 Å². The first-order chi connectivity index (χ1) is 10.8. The largest absolute Gasteiger partial charge is 0.497 e. The molecule has 0 spiro atoms. The van der Waals surface area contributed by atoms with Crippen LogP contribution in [0, 0.1) is 0 Å². The molecule has 114 valence electrons. The number of quaternary nitrogens is 1. The van der Waals surface area contributed by atoms with Crippen LogP contribution >= 0.6 is 12.2 Å². The minimum atomic E-state index is 0.753. The lowest BCUT2D eigenvalue weighted by Gasteiger charge is -2.35. The van der Waals surface area contributed by atoms with Gasteiger partial charge in [-0.1, -0.05) is 12.1 Å². The van der Waals surface area contributed by atoms with Gasteiger partial charge in [0.15, 0.2) is 18.4 Å². The van der Waals surface area contributed by atoms with Crippen molar-refractivity contribution in [3.63, 3.8) is 0 Å². The van der Waals surface area contributed by atoms with Crippen LogP contribution in [0.15, 0.2) is 48.8 Å². The van der Waals surface area contributed by atoms with E-state index in [0.717, 1.165) is 36.4 Å². The highest BCUT2D eigenvalue weighted by molar-refractivity contribution is 7.80. The Bertz CT molecular complexity index is 650. The van der Waals surface area contributed by atoms with Crippen molar-refractivity contribution >= 4 is 23.0 Å². The third-order valence-electron chi connectivity index (χ3n) is 3.66. The molecule has 2 aromatic rings. The molecule has 3 rings (SSSR count). The van der Waals surface area contributed by atoms with E-state index in [1.54, 1.807) is 13.3 Å². The molecule has 1 unspecified atom stereocenters. The van der Waals surface area contributed by atoms with Crippen LogP contribution in [0.25, 0.3) is 0 Å². The van der Waals surface area contributed by atoms with Gasteiger partial charge in [-0.3, -0.25) is 14.8 Å². The predicted octanol–water partition coefficient (Wildman–Crippen LogP) is 0.785. The van der Waals surface area contributed by atoms with Crippen LogP contribution in [0.1, 0.15) is 5.56 Å². The highest BCUT2D eigenvalue weighted by atomic mass is 32.1. The van der Waals surface area contributed by atoms with Crippen molar-refractivity contribution in [3.8, 4) is 5.75 Å². The lowest BCUT2D eigenvalue weighted by molar-refractivity contribution is -0.916. The van der Waals surface area contributed by atoms with Crippen LogP contribution in [0.4, 0.5) is 5.69 Å². The maximum absolute atomic E-state index is 5.45. The Morgan fingerprint density at radius 2 is 2.27 bits per heavy atom. The summed E-state index contributed by atoms with van der Waals surface area (Å²) in [6, 6.07) is 12.0. The van der Waals surface area contributed by atoms with Crippen molar-refractivity contribution in [1.29, 1.82) is 0 Å². The molecule has 1 aliphatic rings. The van der Waals surface area contributed by atoms with Crippen LogP contribution in [-0.4, -0.2) is 30.5 Å². The number of hydrogen-bond acceptors (Lipinski definition) is 3. The van der Waals surface area contributed by atoms with E-state index in [9.17, 15) is 0 Å². The van der Waals surface area contributed by atoms with Gasteiger partial charge in [0.1, 0.15) is 12.3 Å². The van der Waals surface area contributed by atoms with Crippen molar-refractivity contribution in [2.45, 2.75) is 6.54 Å². The Kier molecular flexibility index (Phi) is 4.50. The summed E-state index contributed by atoms with van der Waals surface area (Å²) in [4.78, 5) is 7.66. The number of aromatic nitrogens is 1. The van der Waals surface area contributed by atoms with E-state index in [0.29, 0.717) is 0 Å². The van der Waals surface area contributed by atoms with E-state index < -0.39 is 0 Å². The van der Waals surface area contributed by atoms with E-state index in [2.05, 4.69) is 21.3 Å². The minimum Gasteiger partial charge on any atom is -0.497 e. The Labute approximate surface area is 135 Å². The zero-order valence-electron chi connectivity index (χ0n) is 12.5. The molecule has 0 bridgehead atoms. The molecule has 1 aliphatic heterocycles. The van der Waals surface area contributed by atoms with Gasteiger partial charge in [-0.25, -0.2) is 0 Å². The van der Waals surface area contributed by atoms with Crippen molar-refractivity contribution < 1.29 is 9.64 Å². The highest BCUT2D eigenvalue weighted by Gasteiger charge is 2.25. The fraction of sp³-hybridized carbons (Fsp3) is 0.250. The SMILES string of the molecule is COc1cccc(N2C[NH+](Cc3cccnc3)CNC2=S)c1. The van der Waals surface area contributed by atoms with Gasteiger partial charge >= 0.3 is 0 Å². The second-order valence-corrected chi connectivity index (χ2v) is 5.62.